The SMILES string of the molecule is CC/C=C\C/C=C\C/C=C\C/C=C\CCCCCCCOCC(COC(=O)CCCCC/C=C\C/C=C\C/C=C\CC)OC(=O)CCCCCCCCCCC. The van der Waals surface area contributed by atoms with E-state index in [2.05, 4.69) is 106 Å². The molecular weight excluding hydrogens is 693 g/mol. The molecule has 0 aromatic rings. The van der Waals surface area contributed by atoms with Gasteiger partial charge in [0.25, 0.3) is 0 Å². The van der Waals surface area contributed by atoms with Gasteiger partial charge >= 0.3 is 11.9 Å². The van der Waals surface area contributed by atoms with Crippen molar-refractivity contribution in [3.63, 3.8) is 0 Å². The molecule has 56 heavy (non-hydrogen) atoms. The van der Waals surface area contributed by atoms with Crippen molar-refractivity contribution in [2.45, 2.75) is 207 Å². The molecule has 0 aliphatic heterocycles. The van der Waals surface area contributed by atoms with Crippen molar-refractivity contribution in [1.82, 2.24) is 0 Å². The summed E-state index contributed by atoms with van der Waals surface area (Å²) < 4.78 is 17.3. The molecular formula is C51H86O5. The lowest BCUT2D eigenvalue weighted by Crippen LogP contribution is -2.30. The van der Waals surface area contributed by atoms with Crippen LogP contribution in [0.25, 0.3) is 0 Å². The third kappa shape index (κ3) is 43.8. The van der Waals surface area contributed by atoms with Crippen molar-refractivity contribution in [3.8, 4) is 0 Å². The van der Waals surface area contributed by atoms with Crippen LogP contribution in [0.5, 0.6) is 0 Å². The van der Waals surface area contributed by atoms with Crippen molar-refractivity contribution in [1.29, 1.82) is 0 Å². The number of hydrogen-bond acceptors (Lipinski definition) is 5. The van der Waals surface area contributed by atoms with E-state index in [1.807, 2.05) is 0 Å². The van der Waals surface area contributed by atoms with Crippen LogP contribution in [0.15, 0.2) is 85.1 Å². The van der Waals surface area contributed by atoms with E-state index >= 15 is 0 Å². The first-order chi connectivity index (χ1) is 27.6. The molecule has 0 radical (unpaired) electrons. The fourth-order valence-corrected chi connectivity index (χ4v) is 6.04. The quantitative estimate of drug-likeness (QED) is 0.0351. The second kappa shape index (κ2) is 46.5. The lowest BCUT2D eigenvalue weighted by atomic mass is 10.1. The number of hydrogen-bond donors (Lipinski definition) is 0. The molecule has 0 aliphatic rings. The molecule has 0 rings (SSSR count). The first-order valence-electron chi connectivity index (χ1n) is 23.1. The van der Waals surface area contributed by atoms with Crippen molar-refractivity contribution >= 4 is 11.9 Å². The van der Waals surface area contributed by atoms with Crippen LogP contribution < -0.4 is 0 Å². The van der Waals surface area contributed by atoms with Gasteiger partial charge in [0.05, 0.1) is 6.61 Å². The van der Waals surface area contributed by atoms with Crippen molar-refractivity contribution < 1.29 is 23.8 Å². The molecule has 0 N–H and O–H groups in total. The summed E-state index contributed by atoms with van der Waals surface area (Å²) in [5, 5.41) is 0. The van der Waals surface area contributed by atoms with Crippen LogP contribution in [-0.2, 0) is 23.8 Å². The molecule has 0 heterocycles. The minimum absolute atomic E-state index is 0.0596. The maximum atomic E-state index is 12.7. The van der Waals surface area contributed by atoms with Gasteiger partial charge in [0.2, 0.25) is 0 Å². The Hall–Kier alpha value is -2.92. The summed E-state index contributed by atoms with van der Waals surface area (Å²) in [7, 11) is 0. The lowest BCUT2D eigenvalue weighted by Gasteiger charge is -2.18. The maximum Gasteiger partial charge on any atom is 0.306 e. The Morgan fingerprint density at radius 3 is 1.30 bits per heavy atom. The van der Waals surface area contributed by atoms with Crippen molar-refractivity contribution in [2.75, 3.05) is 19.8 Å². The number of carbonyl (C=O) groups excluding carboxylic acids is 2. The average molecular weight is 779 g/mol. The highest BCUT2D eigenvalue weighted by atomic mass is 16.6. The molecule has 0 spiro atoms. The number of rotatable bonds is 41. The van der Waals surface area contributed by atoms with Gasteiger partial charge in [0, 0.05) is 19.4 Å². The largest absolute Gasteiger partial charge is 0.462 e. The maximum absolute atomic E-state index is 12.7. The molecule has 0 fully saturated rings. The van der Waals surface area contributed by atoms with Gasteiger partial charge in [-0.25, -0.2) is 0 Å². The first-order valence-corrected chi connectivity index (χ1v) is 23.1. The molecule has 0 saturated carbocycles. The summed E-state index contributed by atoms with van der Waals surface area (Å²) in [5.41, 5.74) is 0. The van der Waals surface area contributed by atoms with Crippen LogP contribution in [0.1, 0.15) is 201 Å². The van der Waals surface area contributed by atoms with Gasteiger partial charge in [0.15, 0.2) is 6.10 Å². The Morgan fingerprint density at radius 1 is 0.411 bits per heavy atom. The van der Waals surface area contributed by atoms with Gasteiger partial charge in [-0.1, -0.05) is 183 Å². The van der Waals surface area contributed by atoms with Crippen LogP contribution in [0.3, 0.4) is 0 Å². The summed E-state index contributed by atoms with van der Waals surface area (Å²) >= 11 is 0. The van der Waals surface area contributed by atoms with E-state index in [0.29, 0.717) is 19.4 Å². The fourth-order valence-electron chi connectivity index (χ4n) is 6.04. The van der Waals surface area contributed by atoms with Crippen molar-refractivity contribution in [2.24, 2.45) is 0 Å². The zero-order valence-corrected chi connectivity index (χ0v) is 36.6. The van der Waals surface area contributed by atoms with Crippen LogP contribution in [-0.4, -0.2) is 37.9 Å². The summed E-state index contributed by atoms with van der Waals surface area (Å²) in [6, 6.07) is 0. The number of unbranched alkanes of at least 4 members (excludes halogenated alkanes) is 16. The summed E-state index contributed by atoms with van der Waals surface area (Å²) in [5.74, 6) is -0.448. The van der Waals surface area contributed by atoms with Crippen LogP contribution in [0.2, 0.25) is 0 Å². The van der Waals surface area contributed by atoms with Crippen LogP contribution >= 0.6 is 0 Å². The Balaban J connectivity index is 4.30. The van der Waals surface area contributed by atoms with Gasteiger partial charge in [-0.3, -0.25) is 9.59 Å². The van der Waals surface area contributed by atoms with E-state index in [-0.39, 0.29) is 25.2 Å². The normalized spacial score (nSPS) is 13.0. The average Bonchev–Trinajstić information content (AvgIpc) is 3.20. The molecule has 0 aromatic heterocycles. The fraction of sp³-hybridized carbons (Fsp3) is 0.686. The van der Waals surface area contributed by atoms with Gasteiger partial charge in [-0.15, -0.1) is 0 Å². The van der Waals surface area contributed by atoms with Crippen LogP contribution in [0.4, 0.5) is 0 Å². The van der Waals surface area contributed by atoms with Gasteiger partial charge in [0.1, 0.15) is 6.61 Å². The Morgan fingerprint density at radius 2 is 0.804 bits per heavy atom. The topological polar surface area (TPSA) is 61.8 Å². The second-order valence-electron chi connectivity index (χ2n) is 14.9. The Bertz CT molecular complexity index is 1060. The highest BCUT2D eigenvalue weighted by Gasteiger charge is 2.17. The van der Waals surface area contributed by atoms with Crippen molar-refractivity contribution in [3.05, 3.63) is 85.1 Å². The number of carbonyl (C=O) groups is 2. The molecule has 0 amide bonds. The third-order valence-electron chi connectivity index (χ3n) is 9.43. The molecule has 1 unspecified atom stereocenters. The van der Waals surface area contributed by atoms with E-state index < -0.39 is 6.10 Å². The Labute approximate surface area is 346 Å². The zero-order valence-electron chi connectivity index (χ0n) is 36.6. The minimum atomic E-state index is -0.557. The van der Waals surface area contributed by atoms with E-state index in [0.717, 1.165) is 103 Å². The number of ether oxygens (including phenoxy) is 3. The standard InChI is InChI=1S/C51H86O5/c1-4-7-10-13-16-19-21-23-24-25-26-27-29-31-34-37-40-43-46-54-47-49(56-51(53)45-42-39-36-32-18-15-12-9-6-3)48-55-50(52)44-41-38-35-33-30-28-22-20-17-14-11-8-5-2/h7-8,10-11,16-17,19-20,23-24,26-28,30,49H,4-6,9,12-15,18,21-22,25,29,31-48H2,1-3H3/b10-7-,11-8-,19-16-,20-17-,24-23-,27-26-,30-28-. The van der Waals surface area contributed by atoms with Gasteiger partial charge < -0.3 is 14.2 Å². The number of allylic oxidation sites excluding steroid dienone is 14. The molecule has 0 aromatic carbocycles. The summed E-state index contributed by atoms with van der Waals surface area (Å²) in [6.45, 7) is 7.50. The molecule has 320 valence electrons. The van der Waals surface area contributed by atoms with Gasteiger partial charge in [-0.2, -0.15) is 0 Å². The summed E-state index contributed by atoms with van der Waals surface area (Å²) in [6.07, 6.45) is 60.2. The molecule has 1 atom stereocenters. The molecule has 5 heteroatoms. The zero-order chi connectivity index (χ0) is 40.7. The van der Waals surface area contributed by atoms with E-state index in [1.54, 1.807) is 0 Å². The Kier molecular flexibility index (Phi) is 44.0. The highest BCUT2D eigenvalue weighted by molar-refractivity contribution is 5.70. The number of esters is 2. The molecule has 0 aliphatic carbocycles. The first kappa shape index (κ1) is 53.1. The van der Waals surface area contributed by atoms with E-state index in [4.69, 9.17) is 14.2 Å². The molecule has 0 bridgehead atoms. The molecule has 5 nitrogen and oxygen atoms in total. The van der Waals surface area contributed by atoms with Gasteiger partial charge in [-0.05, 0) is 89.9 Å². The minimum Gasteiger partial charge on any atom is -0.462 e. The second-order valence-corrected chi connectivity index (χ2v) is 14.9. The van der Waals surface area contributed by atoms with E-state index in [9.17, 15) is 9.59 Å². The smallest absolute Gasteiger partial charge is 0.306 e. The predicted molar refractivity (Wildman–Crippen MR) is 242 cm³/mol. The lowest BCUT2D eigenvalue weighted by molar-refractivity contribution is -0.163. The highest BCUT2D eigenvalue weighted by Crippen LogP contribution is 2.13. The predicted octanol–water partition coefficient (Wildman–Crippen LogP) is 15.3. The van der Waals surface area contributed by atoms with E-state index in [1.165, 1.54) is 64.2 Å². The molecule has 0 saturated heterocycles. The van der Waals surface area contributed by atoms with Crippen LogP contribution in [0, 0.1) is 0 Å². The monoisotopic (exact) mass is 779 g/mol. The third-order valence-corrected chi connectivity index (χ3v) is 9.43. The summed E-state index contributed by atoms with van der Waals surface area (Å²) in [4.78, 5) is 25.2.